The molecule has 10 nitrogen and oxygen atoms in total. The Balaban J connectivity index is 0.000000477. The molecule has 0 heterocycles. The molecule has 0 unspecified atom stereocenters. The quantitative estimate of drug-likeness (QED) is 0.0932. The Bertz CT molecular complexity index is 2050. The van der Waals surface area contributed by atoms with Crippen molar-refractivity contribution in [2.75, 3.05) is 24.9 Å². The fraction of sp³-hybridized carbons (Fsp3) is 0.364. The first kappa shape index (κ1) is 41.9. The molecule has 3 amide bonds. The number of nitrogens with zero attached hydrogens (tertiary/aromatic N) is 1. The van der Waals surface area contributed by atoms with Crippen LogP contribution >= 0.6 is 0 Å². The number of rotatable bonds is 8. The van der Waals surface area contributed by atoms with E-state index in [9.17, 15) is 23.6 Å². The Labute approximate surface area is 322 Å². The number of esters is 1. The van der Waals surface area contributed by atoms with Crippen LogP contribution in [0.1, 0.15) is 88.7 Å². The molecule has 0 bridgehead atoms. The van der Waals surface area contributed by atoms with Crippen LogP contribution in [0.15, 0.2) is 65.7 Å². The molecule has 0 aliphatic heterocycles. The Kier molecular flexibility index (Phi) is 14.5. The van der Waals surface area contributed by atoms with Crippen molar-refractivity contribution in [2.45, 2.75) is 92.0 Å². The Morgan fingerprint density at radius 3 is 1.82 bits per heavy atom. The molecule has 1 saturated carbocycles. The molecule has 0 atom stereocenters. The van der Waals surface area contributed by atoms with Gasteiger partial charge in [-0.15, -0.1) is 0 Å². The maximum atomic E-state index is 14.6. The molecule has 5 rings (SSSR count). The molecule has 11 heteroatoms. The zero-order valence-electron chi connectivity index (χ0n) is 33.0. The van der Waals surface area contributed by atoms with Gasteiger partial charge in [-0.05, 0) is 112 Å². The van der Waals surface area contributed by atoms with E-state index < -0.39 is 29.3 Å². The molecule has 290 valence electrons. The first-order valence-corrected chi connectivity index (χ1v) is 18.4. The molecular formula is C44H51FN4O6. The number of hydrogen-bond donors (Lipinski definition) is 3. The number of methoxy groups -OCH3 is 2. The number of ether oxygens (including phenoxy) is 2. The van der Waals surface area contributed by atoms with Gasteiger partial charge in [0.1, 0.15) is 5.54 Å². The van der Waals surface area contributed by atoms with Crippen molar-refractivity contribution in [3.05, 3.63) is 105 Å². The molecule has 1 aliphatic carbocycles. The fourth-order valence-electron chi connectivity index (χ4n) is 7.28. The zero-order chi connectivity index (χ0) is 40.3. The number of amides is 3. The normalized spacial score (nSPS) is 13.4. The summed E-state index contributed by atoms with van der Waals surface area (Å²) in [5.41, 5.74) is 7.84. The largest absolute Gasteiger partial charge is 0.494 e. The lowest BCUT2D eigenvalue weighted by Gasteiger charge is -2.33. The van der Waals surface area contributed by atoms with Crippen molar-refractivity contribution in [1.29, 1.82) is 0 Å². The molecule has 55 heavy (non-hydrogen) atoms. The van der Waals surface area contributed by atoms with Crippen LogP contribution in [0.5, 0.6) is 5.75 Å². The standard InChI is InChI=1S/C34H40FN3O5.C10H11NO/c1-21-17-22(2)30(23(3)18-21)37-33(41)36-28-20-25(24-12-14-29(42-4)27(35)19-24)11-13-26(28)31(39)38-34(32(40)43-5)15-9-7-6-8-10-16-34;1-7-4-8(2)10(11-6-12)9(3)5-7/h11-14,17-20H,6-10,15-16H2,1-5H3,(H,38,39)(H2,36,37,41);4-5H,1-3H3. The highest BCUT2D eigenvalue weighted by molar-refractivity contribution is 6.08. The van der Waals surface area contributed by atoms with Gasteiger partial charge in [0, 0.05) is 5.69 Å². The lowest BCUT2D eigenvalue weighted by atomic mass is 9.83. The number of nitrogens with one attached hydrogen (secondary N) is 3. The second-order valence-electron chi connectivity index (χ2n) is 14.2. The maximum Gasteiger partial charge on any atom is 0.331 e. The van der Waals surface area contributed by atoms with Crippen LogP contribution in [0.3, 0.4) is 0 Å². The Morgan fingerprint density at radius 2 is 1.27 bits per heavy atom. The highest BCUT2D eigenvalue weighted by Gasteiger charge is 2.41. The van der Waals surface area contributed by atoms with E-state index in [1.54, 1.807) is 30.3 Å². The molecule has 4 aromatic carbocycles. The van der Waals surface area contributed by atoms with E-state index >= 15 is 0 Å². The monoisotopic (exact) mass is 750 g/mol. The number of halogens is 1. The number of isocyanates is 1. The van der Waals surface area contributed by atoms with Gasteiger partial charge < -0.3 is 25.4 Å². The number of carbonyl (C=O) groups is 3. The van der Waals surface area contributed by atoms with E-state index in [-0.39, 0.29) is 17.0 Å². The van der Waals surface area contributed by atoms with Crippen molar-refractivity contribution < 1.29 is 33.0 Å². The van der Waals surface area contributed by atoms with Crippen molar-refractivity contribution in [3.63, 3.8) is 0 Å². The molecule has 0 spiro atoms. The number of aryl methyl sites for hydroxylation is 6. The summed E-state index contributed by atoms with van der Waals surface area (Å²) in [5.74, 6) is -1.43. The van der Waals surface area contributed by atoms with E-state index in [2.05, 4.69) is 20.9 Å². The molecule has 1 fully saturated rings. The number of aliphatic imine (C=N–C) groups is 1. The molecular weight excluding hydrogens is 700 g/mol. The summed E-state index contributed by atoms with van der Waals surface area (Å²) in [4.78, 5) is 53.9. The summed E-state index contributed by atoms with van der Waals surface area (Å²) in [5, 5.41) is 8.71. The summed E-state index contributed by atoms with van der Waals surface area (Å²) in [6.07, 6.45) is 7.05. The Morgan fingerprint density at radius 1 is 0.727 bits per heavy atom. The third kappa shape index (κ3) is 10.7. The molecule has 0 saturated heterocycles. The van der Waals surface area contributed by atoms with Gasteiger partial charge in [0.05, 0.1) is 31.2 Å². The number of anilines is 2. The predicted molar refractivity (Wildman–Crippen MR) is 215 cm³/mol. The summed E-state index contributed by atoms with van der Waals surface area (Å²) in [6.45, 7) is 11.7. The first-order chi connectivity index (χ1) is 26.2. The topological polar surface area (TPSA) is 135 Å². The molecule has 3 N–H and O–H groups in total. The minimum atomic E-state index is -1.17. The zero-order valence-corrected chi connectivity index (χ0v) is 33.0. The van der Waals surface area contributed by atoms with Crippen LogP contribution < -0.4 is 20.7 Å². The highest BCUT2D eigenvalue weighted by atomic mass is 19.1. The van der Waals surface area contributed by atoms with Crippen molar-refractivity contribution in [2.24, 2.45) is 4.99 Å². The van der Waals surface area contributed by atoms with Gasteiger partial charge in [0.15, 0.2) is 11.6 Å². The third-order valence-corrected chi connectivity index (χ3v) is 9.84. The highest BCUT2D eigenvalue weighted by Crippen LogP contribution is 2.32. The van der Waals surface area contributed by atoms with Crippen LogP contribution in [-0.4, -0.2) is 43.7 Å². The van der Waals surface area contributed by atoms with E-state index in [1.165, 1.54) is 31.9 Å². The molecule has 0 radical (unpaired) electrons. The minimum absolute atomic E-state index is 0.105. The number of hydrogen-bond acceptors (Lipinski definition) is 7. The van der Waals surface area contributed by atoms with Crippen molar-refractivity contribution >= 4 is 41.0 Å². The summed E-state index contributed by atoms with van der Waals surface area (Å²) >= 11 is 0. The van der Waals surface area contributed by atoms with Gasteiger partial charge in [0.25, 0.3) is 5.91 Å². The number of carbonyl (C=O) groups excluding carboxylic acids is 4. The van der Waals surface area contributed by atoms with Crippen LogP contribution in [0.2, 0.25) is 0 Å². The van der Waals surface area contributed by atoms with Gasteiger partial charge in [-0.25, -0.2) is 18.8 Å². The molecule has 0 aromatic heterocycles. The lowest BCUT2D eigenvalue weighted by Crippen LogP contribution is -2.55. The predicted octanol–water partition coefficient (Wildman–Crippen LogP) is 10.0. The SMILES string of the molecule is COC(=O)C1(NC(=O)c2ccc(-c3ccc(OC)c(F)c3)cc2NC(=O)Nc2c(C)cc(C)cc2C)CCCCCCC1.Cc1cc(C)c(N=C=O)c(C)c1. The summed E-state index contributed by atoms with van der Waals surface area (Å²) in [7, 11) is 2.71. The second-order valence-corrected chi connectivity index (χ2v) is 14.2. The van der Waals surface area contributed by atoms with E-state index in [0.717, 1.165) is 65.6 Å². The van der Waals surface area contributed by atoms with Crippen LogP contribution in [0, 0.1) is 47.4 Å². The Hall–Kier alpha value is -5.80. The molecule has 4 aromatic rings. The van der Waals surface area contributed by atoms with Crippen molar-refractivity contribution in [3.8, 4) is 16.9 Å². The second kappa shape index (κ2) is 19.0. The van der Waals surface area contributed by atoms with Gasteiger partial charge >= 0.3 is 12.0 Å². The fourth-order valence-corrected chi connectivity index (χ4v) is 7.28. The van der Waals surface area contributed by atoms with E-state index in [0.29, 0.717) is 29.7 Å². The van der Waals surface area contributed by atoms with Crippen LogP contribution in [0.25, 0.3) is 11.1 Å². The van der Waals surface area contributed by atoms with Crippen LogP contribution in [-0.2, 0) is 14.3 Å². The smallest absolute Gasteiger partial charge is 0.331 e. The molecule has 1 aliphatic rings. The van der Waals surface area contributed by atoms with E-state index in [4.69, 9.17) is 9.47 Å². The first-order valence-electron chi connectivity index (χ1n) is 18.4. The van der Waals surface area contributed by atoms with Crippen molar-refractivity contribution in [1.82, 2.24) is 5.32 Å². The number of benzene rings is 4. The minimum Gasteiger partial charge on any atom is -0.494 e. The average Bonchev–Trinajstić information content (AvgIpc) is 3.12. The average molecular weight is 751 g/mol. The van der Waals surface area contributed by atoms with Gasteiger partial charge in [-0.1, -0.05) is 79.6 Å². The van der Waals surface area contributed by atoms with Gasteiger partial charge in [0.2, 0.25) is 6.08 Å². The number of urea groups is 1. The van der Waals surface area contributed by atoms with Gasteiger partial charge in [-0.3, -0.25) is 4.79 Å². The van der Waals surface area contributed by atoms with E-state index in [1.807, 2.05) is 65.8 Å². The summed E-state index contributed by atoms with van der Waals surface area (Å²) < 4.78 is 24.7. The van der Waals surface area contributed by atoms with Crippen LogP contribution in [0.4, 0.5) is 26.2 Å². The summed E-state index contributed by atoms with van der Waals surface area (Å²) in [6, 6.07) is 16.8. The lowest BCUT2D eigenvalue weighted by molar-refractivity contribution is -0.149. The third-order valence-electron chi connectivity index (χ3n) is 9.84. The maximum absolute atomic E-state index is 14.6. The van der Waals surface area contributed by atoms with Gasteiger partial charge in [-0.2, -0.15) is 4.99 Å².